The molecule has 7 amide bonds. The smallest absolute Gasteiger partial charge is 0.407 e. The molecule has 2 saturated heterocycles. The molecule has 19 nitrogen and oxygen atoms in total. The molecule has 12 N–H and O–H groups in total. The number of aromatic nitrogens is 1. The minimum atomic E-state index is -1.42. The Morgan fingerprint density at radius 3 is 1.96 bits per heavy atom. The number of carbonyl (C=O) groups is 7. The first kappa shape index (κ1) is 50.1. The summed E-state index contributed by atoms with van der Waals surface area (Å²) >= 11 is 0. The Hall–Kier alpha value is -7.77. The number of nitrogens with one attached hydrogen (secondary N) is 7. The first-order chi connectivity index (χ1) is 33.9. The van der Waals surface area contributed by atoms with Gasteiger partial charge in [-0.3, -0.25) is 28.8 Å². The van der Waals surface area contributed by atoms with E-state index in [2.05, 4.69) is 36.9 Å². The molecule has 2 aliphatic heterocycles. The minimum Gasteiger partial charge on any atom is -0.508 e. The monoisotopic (exact) mass is 956 g/mol. The lowest BCUT2D eigenvalue weighted by molar-refractivity contribution is -0.143. The Kier molecular flexibility index (Phi) is 17.2. The zero-order chi connectivity index (χ0) is 49.6. The molecule has 5 aromatic rings. The van der Waals surface area contributed by atoms with Gasteiger partial charge in [0.15, 0.2) is 0 Å². The van der Waals surface area contributed by atoms with Crippen molar-refractivity contribution in [2.45, 2.75) is 87.3 Å². The summed E-state index contributed by atoms with van der Waals surface area (Å²) in [7, 11) is 0. The molecular weight excluding hydrogens is 897 g/mol. The Balaban J connectivity index is 1.32. The number of ether oxygens (including phenoxy) is 1. The zero-order valence-corrected chi connectivity index (χ0v) is 38.6. The Bertz CT molecular complexity index is 2610. The third-order valence-corrected chi connectivity index (χ3v) is 12.4. The summed E-state index contributed by atoms with van der Waals surface area (Å²) in [6, 6.07) is 22.7. The van der Waals surface area contributed by atoms with E-state index >= 15 is 4.79 Å². The number of hydrogen-bond donors (Lipinski definition) is 10. The number of phenolic OH excluding ortho intramolecular Hbond substituents is 1. The third-order valence-electron chi connectivity index (χ3n) is 12.4. The van der Waals surface area contributed by atoms with Gasteiger partial charge in [-0.25, -0.2) is 4.79 Å². The summed E-state index contributed by atoms with van der Waals surface area (Å²) in [5.74, 6) is -4.45. The van der Waals surface area contributed by atoms with Crippen LogP contribution in [-0.2, 0) is 52.8 Å². The normalized spacial score (nSPS) is 22.7. The topological polar surface area (TPSA) is 292 Å². The van der Waals surface area contributed by atoms with Crippen LogP contribution in [0.15, 0.2) is 115 Å². The number of unbranched alkanes of at least 4 members (excludes halogenated alkanes) is 1. The average Bonchev–Trinajstić information content (AvgIpc) is 3.98. The maximum Gasteiger partial charge on any atom is 0.407 e. The number of para-hydroxylation sites is 1. The van der Waals surface area contributed by atoms with Gasteiger partial charge in [-0.15, -0.1) is 0 Å². The SMILES string of the molecule is NCCCC[C@@H]1NC(=O)[C@@H](Cc2c[nH]c3ccccc23)NC(=O)[C@H](c2ccccc2)NC(=O)[C@@H]2CC(OC(=O)NCCN)CN2C(=O)[C@H](Cc2ccccc2)NC(=O)[C@H](Cc2ccc(O)cc2)NC1=O. The van der Waals surface area contributed by atoms with E-state index in [0.29, 0.717) is 41.6 Å². The van der Waals surface area contributed by atoms with E-state index in [0.717, 1.165) is 10.9 Å². The fraction of sp³-hybridized carbons (Fsp3) is 0.353. The standard InChI is InChI=1S/C51H60N10O9/c52-22-10-9-17-39-45(63)57-40(25-32-18-20-35(62)21-19-32)46(64)59-42(26-31-11-3-1-4-12-31)50(68)61-30-36(70-51(69)54-24-23-53)28-43(61)48(66)60-44(33-13-5-2-6-14-33)49(67)58-41(47(65)56-39)27-34-29-55-38-16-8-7-15-37(34)38/h1-8,11-16,18-21,29,36,39-44,55,62H,9-10,17,22-28,30,52-53H2,(H,54,69)(H,56,65)(H,57,63)(H,58,67)(H,59,64)(H,60,66)/t36?,39-,40-,41+,42-,43-,44-/m0/s1. The number of amides is 7. The highest BCUT2D eigenvalue weighted by Gasteiger charge is 2.45. The molecule has 2 aliphatic rings. The van der Waals surface area contributed by atoms with E-state index in [9.17, 15) is 33.9 Å². The molecule has 7 atom stereocenters. The van der Waals surface area contributed by atoms with Crippen molar-refractivity contribution in [2.75, 3.05) is 26.2 Å². The quantitative estimate of drug-likeness (QED) is 0.0712. The summed E-state index contributed by atoms with van der Waals surface area (Å²) in [5, 5.41) is 27.7. The van der Waals surface area contributed by atoms with Crippen molar-refractivity contribution in [3.05, 3.63) is 138 Å². The highest BCUT2D eigenvalue weighted by atomic mass is 16.6. The number of phenols is 1. The fourth-order valence-corrected chi connectivity index (χ4v) is 8.82. The molecule has 1 unspecified atom stereocenters. The van der Waals surface area contributed by atoms with Gasteiger partial charge in [-0.05, 0) is 66.3 Å². The van der Waals surface area contributed by atoms with Crippen molar-refractivity contribution in [1.29, 1.82) is 0 Å². The highest BCUT2D eigenvalue weighted by Crippen LogP contribution is 2.26. The second-order valence-corrected chi connectivity index (χ2v) is 17.5. The number of nitrogens with zero attached hydrogens (tertiary/aromatic N) is 1. The van der Waals surface area contributed by atoms with E-state index in [1.54, 1.807) is 79.0 Å². The number of benzene rings is 4. The molecular formula is C51H60N10O9. The van der Waals surface area contributed by atoms with Crippen molar-refractivity contribution in [3.8, 4) is 5.75 Å². The van der Waals surface area contributed by atoms with E-state index in [4.69, 9.17) is 16.2 Å². The van der Waals surface area contributed by atoms with Crippen LogP contribution in [0.25, 0.3) is 10.9 Å². The second kappa shape index (κ2) is 24.0. The zero-order valence-electron chi connectivity index (χ0n) is 38.6. The van der Waals surface area contributed by atoms with Gasteiger partial charge in [0.25, 0.3) is 0 Å². The summed E-state index contributed by atoms with van der Waals surface area (Å²) in [6.45, 7) is 0.282. The highest BCUT2D eigenvalue weighted by molar-refractivity contribution is 5.99. The van der Waals surface area contributed by atoms with Crippen LogP contribution < -0.4 is 43.4 Å². The fourth-order valence-electron chi connectivity index (χ4n) is 8.82. The van der Waals surface area contributed by atoms with Crippen molar-refractivity contribution in [2.24, 2.45) is 11.5 Å². The molecule has 4 aromatic carbocycles. The number of hydrogen-bond acceptors (Lipinski definition) is 11. The molecule has 0 bridgehead atoms. The molecule has 0 spiro atoms. The van der Waals surface area contributed by atoms with Crippen molar-refractivity contribution >= 4 is 52.4 Å². The van der Waals surface area contributed by atoms with Crippen LogP contribution in [0.2, 0.25) is 0 Å². The second-order valence-electron chi connectivity index (χ2n) is 17.5. The Morgan fingerprint density at radius 2 is 1.24 bits per heavy atom. The number of carbonyl (C=O) groups excluding carboxylic acids is 7. The van der Waals surface area contributed by atoms with Gasteiger partial charge in [-0.1, -0.05) is 91.0 Å². The van der Waals surface area contributed by atoms with Gasteiger partial charge in [0.1, 0.15) is 48.1 Å². The molecule has 0 saturated carbocycles. The summed E-state index contributed by atoms with van der Waals surface area (Å²) < 4.78 is 5.69. The van der Waals surface area contributed by atoms with Gasteiger partial charge in [0, 0.05) is 55.9 Å². The molecule has 3 heterocycles. The summed E-state index contributed by atoms with van der Waals surface area (Å²) in [6.07, 6.45) is 0.556. The molecule has 368 valence electrons. The third kappa shape index (κ3) is 13.1. The molecule has 19 heteroatoms. The predicted molar refractivity (Wildman–Crippen MR) is 259 cm³/mol. The first-order valence-electron chi connectivity index (χ1n) is 23.5. The maximum atomic E-state index is 15.1. The van der Waals surface area contributed by atoms with Gasteiger partial charge in [-0.2, -0.15) is 0 Å². The number of nitrogens with two attached hydrogens (primary N) is 2. The van der Waals surface area contributed by atoms with Crippen LogP contribution in [0.4, 0.5) is 4.79 Å². The summed E-state index contributed by atoms with van der Waals surface area (Å²) in [4.78, 5) is 106. The predicted octanol–water partition coefficient (Wildman–Crippen LogP) is 1.50. The van der Waals surface area contributed by atoms with E-state index in [-0.39, 0.29) is 57.5 Å². The van der Waals surface area contributed by atoms with Crippen molar-refractivity contribution in [3.63, 3.8) is 0 Å². The van der Waals surface area contributed by atoms with Crippen LogP contribution in [0.5, 0.6) is 5.75 Å². The largest absolute Gasteiger partial charge is 0.508 e. The summed E-state index contributed by atoms with van der Waals surface area (Å²) in [5.41, 5.74) is 14.5. The van der Waals surface area contributed by atoms with E-state index in [1.165, 1.54) is 17.0 Å². The molecule has 70 heavy (non-hydrogen) atoms. The van der Waals surface area contributed by atoms with Gasteiger partial charge < -0.3 is 63.1 Å². The van der Waals surface area contributed by atoms with Crippen molar-refractivity contribution in [1.82, 2.24) is 41.8 Å². The number of H-pyrrole nitrogens is 1. The lowest BCUT2D eigenvalue weighted by Gasteiger charge is -2.32. The van der Waals surface area contributed by atoms with Gasteiger partial charge in [0.05, 0.1) is 6.54 Å². The number of rotatable bonds is 14. The first-order valence-corrected chi connectivity index (χ1v) is 23.5. The number of alkyl carbamates (subject to hydrolysis) is 1. The van der Waals surface area contributed by atoms with Crippen molar-refractivity contribution < 1.29 is 43.4 Å². The lowest BCUT2D eigenvalue weighted by Crippen LogP contribution is -2.61. The van der Waals surface area contributed by atoms with Crippen LogP contribution in [0.3, 0.4) is 0 Å². The molecule has 7 rings (SSSR count). The van der Waals surface area contributed by atoms with E-state index in [1.807, 2.05) is 24.3 Å². The molecule has 0 aliphatic carbocycles. The molecule has 2 fully saturated rings. The van der Waals surface area contributed by atoms with E-state index < -0.39 is 83.9 Å². The number of aromatic amines is 1. The number of aromatic hydroxyl groups is 1. The van der Waals surface area contributed by atoms with Crippen LogP contribution in [-0.4, -0.2) is 119 Å². The van der Waals surface area contributed by atoms with Crippen LogP contribution in [0.1, 0.15) is 54.0 Å². The van der Waals surface area contributed by atoms with Crippen LogP contribution in [0, 0.1) is 0 Å². The van der Waals surface area contributed by atoms with Gasteiger partial charge in [0.2, 0.25) is 35.4 Å². The Morgan fingerprint density at radius 1 is 0.643 bits per heavy atom. The maximum absolute atomic E-state index is 15.1. The number of fused-ring (bicyclic) bond motifs is 2. The van der Waals surface area contributed by atoms with Gasteiger partial charge >= 0.3 is 6.09 Å². The lowest BCUT2D eigenvalue weighted by atomic mass is 9.99. The Labute approximate surface area is 404 Å². The van der Waals surface area contributed by atoms with Crippen LogP contribution >= 0.6 is 0 Å². The molecule has 0 radical (unpaired) electrons. The average molecular weight is 957 g/mol. The minimum absolute atomic E-state index is 0.0223. The molecule has 1 aromatic heterocycles.